The van der Waals surface area contributed by atoms with Crippen LogP contribution in [0.15, 0.2) is 88.6 Å². The van der Waals surface area contributed by atoms with E-state index in [0.29, 0.717) is 28.4 Å². The third-order valence-corrected chi connectivity index (χ3v) is 7.16. The highest BCUT2D eigenvalue weighted by atomic mass is 35.5. The SMILES string of the molecule is CC.C\C=C/C(=C\C(=C/C)C1=NC=CC(C)C=C1)c1c(OC)[n+](Cc2cnc(Cl)s2)c2c(C)cccn2c1=O. The summed E-state index contributed by atoms with van der Waals surface area (Å²) in [6.07, 6.45) is 19.4. The number of halogens is 1. The van der Waals surface area contributed by atoms with E-state index in [1.165, 1.54) is 11.3 Å². The number of thiazole rings is 1. The van der Waals surface area contributed by atoms with Crippen molar-refractivity contribution in [2.75, 3.05) is 7.11 Å². The van der Waals surface area contributed by atoms with E-state index in [-0.39, 0.29) is 5.56 Å². The molecule has 8 heteroatoms. The first kappa shape index (κ1) is 30.0. The maximum Gasteiger partial charge on any atom is 0.354 e. The van der Waals surface area contributed by atoms with Gasteiger partial charge in [-0.05, 0) is 62.1 Å². The van der Waals surface area contributed by atoms with Gasteiger partial charge in [-0.1, -0.05) is 62.8 Å². The zero-order chi connectivity index (χ0) is 28.5. The second-order valence-corrected chi connectivity index (χ2v) is 10.4. The van der Waals surface area contributed by atoms with Gasteiger partial charge in [0.2, 0.25) is 0 Å². The van der Waals surface area contributed by atoms with Crippen LogP contribution in [-0.2, 0) is 6.54 Å². The molecule has 4 heterocycles. The number of aliphatic imine (C=N–C) groups is 1. The van der Waals surface area contributed by atoms with E-state index < -0.39 is 0 Å². The van der Waals surface area contributed by atoms with Crippen LogP contribution in [0.3, 0.4) is 0 Å². The van der Waals surface area contributed by atoms with E-state index in [9.17, 15) is 4.79 Å². The van der Waals surface area contributed by atoms with E-state index in [1.807, 2.05) is 94.0 Å². The first-order valence-electron chi connectivity index (χ1n) is 13.0. The Kier molecular flexibility index (Phi) is 10.8. The summed E-state index contributed by atoms with van der Waals surface area (Å²) in [5.41, 5.74) is 4.44. The zero-order valence-corrected chi connectivity index (χ0v) is 25.2. The molecule has 1 aliphatic rings. The van der Waals surface area contributed by atoms with Crippen molar-refractivity contribution in [2.24, 2.45) is 10.9 Å². The molecule has 3 aromatic rings. The average molecular weight is 564 g/mol. The Balaban J connectivity index is 0.00000205. The smallest absolute Gasteiger partial charge is 0.354 e. The molecule has 0 saturated heterocycles. The van der Waals surface area contributed by atoms with Crippen molar-refractivity contribution in [1.82, 2.24) is 9.38 Å². The molecule has 6 nitrogen and oxygen atoms in total. The number of ether oxygens (including phenoxy) is 1. The van der Waals surface area contributed by atoms with Gasteiger partial charge in [0.1, 0.15) is 6.54 Å². The average Bonchev–Trinajstić information content (AvgIpc) is 3.23. The number of hydrogen-bond donors (Lipinski definition) is 0. The molecular formula is C31H36ClN4O2S+. The minimum Gasteiger partial charge on any atom is -0.465 e. The second kappa shape index (κ2) is 14.0. The van der Waals surface area contributed by atoms with Crippen molar-refractivity contribution < 1.29 is 9.30 Å². The molecule has 0 spiro atoms. The summed E-state index contributed by atoms with van der Waals surface area (Å²) in [7, 11) is 1.59. The Morgan fingerprint density at radius 3 is 2.67 bits per heavy atom. The summed E-state index contributed by atoms with van der Waals surface area (Å²) in [6, 6.07) is 3.86. The summed E-state index contributed by atoms with van der Waals surface area (Å²) >= 11 is 7.53. The Morgan fingerprint density at radius 2 is 2.03 bits per heavy atom. The number of pyridine rings is 1. The maximum atomic E-state index is 14.0. The van der Waals surface area contributed by atoms with Crippen LogP contribution in [-0.4, -0.2) is 22.2 Å². The largest absolute Gasteiger partial charge is 0.465 e. The Morgan fingerprint density at radius 1 is 1.26 bits per heavy atom. The topological polar surface area (TPSA) is 59.8 Å². The van der Waals surface area contributed by atoms with Crippen molar-refractivity contribution in [3.05, 3.63) is 110 Å². The number of aromatic nitrogens is 3. The molecule has 1 atom stereocenters. The fourth-order valence-electron chi connectivity index (χ4n) is 4.31. The van der Waals surface area contributed by atoms with Crippen LogP contribution in [0.1, 0.15) is 50.6 Å². The normalized spacial score (nSPS) is 15.8. The van der Waals surface area contributed by atoms with Crippen molar-refractivity contribution in [3.8, 4) is 5.88 Å². The van der Waals surface area contributed by atoms with Crippen LogP contribution in [0.25, 0.3) is 11.2 Å². The highest BCUT2D eigenvalue weighted by Crippen LogP contribution is 2.26. The van der Waals surface area contributed by atoms with Gasteiger partial charge in [-0.3, -0.25) is 4.99 Å². The highest BCUT2D eigenvalue weighted by Gasteiger charge is 2.28. The number of allylic oxidation sites excluding steroid dienone is 9. The lowest BCUT2D eigenvalue weighted by Crippen LogP contribution is -2.44. The van der Waals surface area contributed by atoms with Gasteiger partial charge in [-0.25, -0.2) is 9.78 Å². The summed E-state index contributed by atoms with van der Waals surface area (Å²) in [5.74, 6) is 0.765. The van der Waals surface area contributed by atoms with Gasteiger partial charge in [-0.15, -0.1) is 11.3 Å². The number of nitrogens with zero attached hydrogens (tertiary/aromatic N) is 4. The van der Waals surface area contributed by atoms with Gasteiger partial charge in [0, 0.05) is 18.0 Å². The number of methoxy groups -OCH3 is 1. The fourth-order valence-corrected chi connectivity index (χ4v) is 5.28. The Labute approximate surface area is 239 Å². The molecule has 0 fully saturated rings. The molecule has 3 aromatic heterocycles. The monoisotopic (exact) mass is 563 g/mol. The number of rotatable bonds is 7. The maximum absolute atomic E-state index is 14.0. The molecule has 4 rings (SSSR count). The van der Waals surface area contributed by atoms with Crippen LogP contribution < -0.4 is 14.9 Å². The fraction of sp³-hybridized carbons (Fsp3) is 0.290. The highest BCUT2D eigenvalue weighted by molar-refractivity contribution is 7.15. The van der Waals surface area contributed by atoms with Crippen molar-refractivity contribution >= 4 is 39.9 Å². The minimum absolute atomic E-state index is 0.166. The summed E-state index contributed by atoms with van der Waals surface area (Å²) in [6.45, 7) is 12.4. The second-order valence-electron chi connectivity index (χ2n) is 8.66. The van der Waals surface area contributed by atoms with Crippen molar-refractivity contribution in [1.29, 1.82) is 0 Å². The van der Waals surface area contributed by atoms with E-state index in [2.05, 4.69) is 23.0 Å². The molecule has 0 N–H and O–H groups in total. The molecule has 0 aromatic carbocycles. The summed E-state index contributed by atoms with van der Waals surface area (Å²) < 4.78 is 10.1. The van der Waals surface area contributed by atoms with Crippen molar-refractivity contribution in [3.63, 3.8) is 0 Å². The van der Waals surface area contributed by atoms with Crippen LogP contribution in [0.4, 0.5) is 0 Å². The van der Waals surface area contributed by atoms with Crippen LogP contribution in [0, 0.1) is 12.8 Å². The lowest BCUT2D eigenvalue weighted by molar-refractivity contribution is -0.671. The predicted octanol–water partition coefficient (Wildman–Crippen LogP) is 7.15. The molecule has 39 heavy (non-hydrogen) atoms. The van der Waals surface area contributed by atoms with Crippen LogP contribution in [0.5, 0.6) is 5.88 Å². The van der Waals surface area contributed by atoms with Crippen LogP contribution >= 0.6 is 22.9 Å². The Bertz CT molecular complexity index is 1570. The molecule has 1 unspecified atom stereocenters. The lowest BCUT2D eigenvalue weighted by atomic mass is 10.00. The summed E-state index contributed by atoms with van der Waals surface area (Å²) in [5, 5.41) is 0. The molecular weight excluding hydrogens is 528 g/mol. The van der Waals surface area contributed by atoms with Gasteiger partial charge in [0.25, 0.3) is 5.65 Å². The molecule has 1 aliphatic heterocycles. The quantitative estimate of drug-likeness (QED) is 0.226. The molecule has 204 valence electrons. The van der Waals surface area contributed by atoms with Gasteiger partial charge < -0.3 is 4.74 Å². The Hall–Kier alpha value is -3.55. The standard InChI is InChI=1S/C29H30ClN4O2S.C2H6/c1-6-9-22(16-21(7-2)24-12-11-19(3)13-14-31-24)25-27(35)33-15-8-10-20(4)26(33)34(28(25)36-5)18-23-17-32-29(30)37-23;1-2/h6-17,19H,18H2,1-5H3;1-2H3/q+1;/b9-6-,21-7+,22-16+;. The van der Waals surface area contributed by atoms with Gasteiger partial charge in [-0.2, -0.15) is 8.97 Å². The third kappa shape index (κ3) is 6.72. The molecule has 0 aliphatic carbocycles. The van der Waals surface area contributed by atoms with Crippen LogP contribution in [0.2, 0.25) is 4.47 Å². The number of hydrogen-bond acceptors (Lipinski definition) is 5. The lowest BCUT2D eigenvalue weighted by Gasteiger charge is -2.14. The molecule has 0 radical (unpaired) electrons. The number of fused-ring (bicyclic) bond motifs is 1. The molecule has 0 saturated carbocycles. The van der Waals surface area contributed by atoms with Crippen molar-refractivity contribution in [2.45, 2.75) is 48.1 Å². The van der Waals surface area contributed by atoms with Gasteiger partial charge in [0.05, 0.1) is 23.9 Å². The summed E-state index contributed by atoms with van der Waals surface area (Å²) in [4.78, 5) is 23.8. The third-order valence-electron chi connectivity index (χ3n) is 6.06. The molecule has 0 amide bonds. The predicted molar refractivity (Wildman–Crippen MR) is 164 cm³/mol. The first-order valence-corrected chi connectivity index (χ1v) is 14.2. The van der Waals surface area contributed by atoms with E-state index >= 15 is 0 Å². The van der Waals surface area contributed by atoms with E-state index in [1.54, 1.807) is 23.9 Å². The minimum atomic E-state index is -0.166. The van der Waals surface area contributed by atoms with Gasteiger partial charge in [0.15, 0.2) is 10.0 Å². The van der Waals surface area contributed by atoms with Gasteiger partial charge >= 0.3 is 11.4 Å². The first-order chi connectivity index (χ1) is 18.9. The number of aryl methyl sites for hydroxylation is 1. The zero-order valence-electron chi connectivity index (χ0n) is 23.6. The molecule has 0 bridgehead atoms. The van der Waals surface area contributed by atoms with E-state index in [0.717, 1.165) is 32.9 Å². The van der Waals surface area contributed by atoms with E-state index in [4.69, 9.17) is 16.3 Å².